The van der Waals surface area contributed by atoms with E-state index >= 15 is 0 Å². The van der Waals surface area contributed by atoms with Gasteiger partial charge in [0.15, 0.2) is 0 Å². The third-order valence-corrected chi connectivity index (χ3v) is 1.95. The minimum Gasteiger partial charge on any atom is -0.372 e. The third kappa shape index (κ3) is 3.40. The van der Waals surface area contributed by atoms with Crippen molar-refractivity contribution < 1.29 is 14.4 Å². The predicted molar refractivity (Wildman–Crippen MR) is 53.4 cm³/mol. The van der Waals surface area contributed by atoms with E-state index in [2.05, 4.69) is 10.2 Å². The lowest BCUT2D eigenvalue weighted by molar-refractivity contribution is -0.147. The number of hydrogen-bond acceptors (Lipinski definition) is 4. The number of amides is 1. The first-order valence-electron chi connectivity index (χ1n) is 4.42. The maximum Gasteiger partial charge on any atom is 0.347 e. The third-order valence-electron chi connectivity index (χ3n) is 1.95. The topological polar surface area (TPSA) is 81.4 Å². The molecule has 1 rings (SSSR count). The van der Waals surface area contributed by atoms with Crippen LogP contribution in [0.5, 0.6) is 0 Å². The molecule has 0 radical (unpaired) electrons. The molecule has 1 aromatic carbocycles. The van der Waals surface area contributed by atoms with Gasteiger partial charge in [0.2, 0.25) is 6.41 Å². The first-order valence-corrected chi connectivity index (χ1v) is 4.42. The van der Waals surface area contributed by atoms with Gasteiger partial charge in [-0.05, 0) is 5.56 Å². The Balaban J connectivity index is 2.66. The molecule has 0 aliphatic heterocycles. The van der Waals surface area contributed by atoms with Gasteiger partial charge in [0.05, 0.1) is 0 Å². The minimum absolute atomic E-state index is 0.357. The summed E-state index contributed by atoms with van der Waals surface area (Å²) in [4.78, 5) is 25.5. The monoisotopic (exact) mass is 208 g/mol. The summed E-state index contributed by atoms with van der Waals surface area (Å²) >= 11 is 0. The summed E-state index contributed by atoms with van der Waals surface area (Å²) < 4.78 is 0. The predicted octanol–water partition coefficient (Wildman–Crippen LogP) is -0.239. The lowest BCUT2D eigenvalue weighted by Gasteiger charge is -2.12. The van der Waals surface area contributed by atoms with Gasteiger partial charge in [-0.15, -0.1) is 0 Å². The molecule has 0 bridgehead atoms. The Bertz CT molecular complexity index is 327. The molecular formula is C10H12N2O3. The van der Waals surface area contributed by atoms with Crippen molar-refractivity contribution in [2.24, 2.45) is 5.90 Å². The van der Waals surface area contributed by atoms with Crippen molar-refractivity contribution in [1.82, 2.24) is 5.32 Å². The molecule has 1 atom stereocenters. The highest BCUT2D eigenvalue weighted by Gasteiger charge is 2.18. The van der Waals surface area contributed by atoms with E-state index in [9.17, 15) is 9.59 Å². The Morgan fingerprint density at radius 2 is 2.13 bits per heavy atom. The Morgan fingerprint density at radius 3 is 2.67 bits per heavy atom. The molecule has 0 saturated heterocycles. The SMILES string of the molecule is NOC(=O)[C@H](Cc1ccccc1)NC=O. The Hall–Kier alpha value is -1.88. The highest BCUT2D eigenvalue weighted by atomic mass is 16.7. The lowest BCUT2D eigenvalue weighted by atomic mass is 10.1. The van der Waals surface area contributed by atoms with Crippen LogP contribution in [0.3, 0.4) is 0 Å². The Kier molecular flexibility index (Phi) is 4.30. The molecule has 0 unspecified atom stereocenters. The standard InChI is InChI=1S/C10H12N2O3/c11-15-10(14)9(12-7-13)6-8-4-2-1-3-5-8/h1-5,7,9H,6,11H2,(H,12,13)/t9-/m0/s1. The molecule has 15 heavy (non-hydrogen) atoms. The van der Waals surface area contributed by atoms with Gasteiger partial charge < -0.3 is 10.2 Å². The van der Waals surface area contributed by atoms with Crippen molar-refractivity contribution in [3.05, 3.63) is 35.9 Å². The van der Waals surface area contributed by atoms with E-state index in [1.54, 1.807) is 0 Å². The summed E-state index contributed by atoms with van der Waals surface area (Å²) in [6.45, 7) is 0. The lowest BCUT2D eigenvalue weighted by Crippen LogP contribution is -2.40. The van der Waals surface area contributed by atoms with Crippen LogP contribution in [0, 0.1) is 0 Å². The molecule has 0 heterocycles. The van der Waals surface area contributed by atoms with Gasteiger partial charge in [-0.2, -0.15) is 5.90 Å². The van der Waals surface area contributed by atoms with Crippen LogP contribution in [0.25, 0.3) is 0 Å². The fraction of sp³-hybridized carbons (Fsp3) is 0.200. The summed E-state index contributed by atoms with van der Waals surface area (Å²) in [5.74, 6) is 4.09. The van der Waals surface area contributed by atoms with E-state index in [-0.39, 0.29) is 0 Å². The second-order valence-corrected chi connectivity index (χ2v) is 2.96. The fourth-order valence-corrected chi connectivity index (χ4v) is 1.22. The molecule has 5 nitrogen and oxygen atoms in total. The number of nitrogens with one attached hydrogen (secondary N) is 1. The fourth-order valence-electron chi connectivity index (χ4n) is 1.22. The number of nitrogens with two attached hydrogens (primary N) is 1. The van der Waals surface area contributed by atoms with Gasteiger partial charge >= 0.3 is 5.97 Å². The van der Waals surface area contributed by atoms with E-state index in [1.807, 2.05) is 30.3 Å². The first kappa shape index (κ1) is 11.2. The van der Waals surface area contributed by atoms with Crippen molar-refractivity contribution in [3.8, 4) is 0 Å². The van der Waals surface area contributed by atoms with Crippen LogP contribution >= 0.6 is 0 Å². The molecular weight excluding hydrogens is 196 g/mol. The number of benzene rings is 1. The zero-order chi connectivity index (χ0) is 11.1. The van der Waals surface area contributed by atoms with E-state index in [4.69, 9.17) is 5.90 Å². The Morgan fingerprint density at radius 1 is 1.47 bits per heavy atom. The largest absolute Gasteiger partial charge is 0.372 e. The second kappa shape index (κ2) is 5.77. The maximum atomic E-state index is 11.1. The zero-order valence-corrected chi connectivity index (χ0v) is 8.05. The van der Waals surface area contributed by atoms with Crippen LogP contribution in [0.2, 0.25) is 0 Å². The zero-order valence-electron chi connectivity index (χ0n) is 8.05. The van der Waals surface area contributed by atoms with Gasteiger partial charge in [-0.25, -0.2) is 4.79 Å². The number of carbonyl (C=O) groups is 2. The van der Waals surface area contributed by atoms with Gasteiger partial charge in [0.25, 0.3) is 0 Å². The van der Waals surface area contributed by atoms with Crippen molar-refractivity contribution in [1.29, 1.82) is 0 Å². The normalized spacial score (nSPS) is 11.5. The molecule has 0 aliphatic carbocycles. The highest BCUT2D eigenvalue weighted by molar-refractivity contribution is 5.78. The van der Waals surface area contributed by atoms with Crippen LogP contribution in [0.1, 0.15) is 5.56 Å². The van der Waals surface area contributed by atoms with Crippen molar-refractivity contribution >= 4 is 12.4 Å². The average Bonchev–Trinajstić information content (AvgIpc) is 2.29. The molecule has 0 spiro atoms. The summed E-state index contributed by atoms with van der Waals surface area (Å²) in [5.41, 5.74) is 0.919. The molecule has 1 amide bonds. The van der Waals surface area contributed by atoms with E-state index in [0.29, 0.717) is 12.8 Å². The number of carbonyl (C=O) groups excluding carboxylic acids is 2. The molecule has 3 N–H and O–H groups in total. The molecule has 0 aliphatic rings. The molecule has 1 aromatic rings. The quantitative estimate of drug-likeness (QED) is 0.517. The van der Waals surface area contributed by atoms with Crippen molar-refractivity contribution in [2.75, 3.05) is 0 Å². The molecule has 5 heteroatoms. The summed E-state index contributed by atoms with van der Waals surface area (Å²) in [7, 11) is 0. The second-order valence-electron chi connectivity index (χ2n) is 2.96. The van der Waals surface area contributed by atoms with Gasteiger partial charge in [0.1, 0.15) is 6.04 Å². The van der Waals surface area contributed by atoms with Crippen LogP contribution in [-0.2, 0) is 20.8 Å². The van der Waals surface area contributed by atoms with Gasteiger partial charge in [-0.1, -0.05) is 30.3 Å². The molecule has 0 saturated carbocycles. The highest BCUT2D eigenvalue weighted by Crippen LogP contribution is 2.03. The summed E-state index contributed by atoms with van der Waals surface area (Å²) in [6, 6.07) is 8.52. The van der Waals surface area contributed by atoms with E-state index in [0.717, 1.165) is 5.56 Å². The molecule has 0 fully saturated rings. The van der Waals surface area contributed by atoms with Crippen LogP contribution < -0.4 is 11.2 Å². The van der Waals surface area contributed by atoms with Crippen LogP contribution in [0.15, 0.2) is 30.3 Å². The summed E-state index contributed by atoms with van der Waals surface area (Å²) in [6.07, 6.45) is 0.806. The van der Waals surface area contributed by atoms with Gasteiger partial charge in [-0.3, -0.25) is 4.79 Å². The summed E-state index contributed by atoms with van der Waals surface area (Å²) in [5, 5.41) is 2.35. The Labute approximate surface area is 87.2 Å². The first-order chi connectivity index (χ1) is 7.27. The smallest absolute Gasteiger partial charge is 0.347 e. The van der Waals surface area contributed by atoms with Crippen LogP contribution in [-0.4, -0.2) is 18.4 Å². The molecule has 0 aromatic heterocycles. The molecule has 80 valence electrons. The van der Waals surface area contributed by atoms with Crippen molar-refractivity contribution in [3.63, 3.8) is 0 Å². The number of hydrogen-bond donors (Lipinski definition) is 2. The van der Waals surface area contributed by atoms with Crippen LogP contribution in [0.4, 0.5) is 0 Å². The maximum absolute atomic E-state index is 11.1. The van der Waals surface area contributed by atoms with Crippen molar-refractivity contribution in [2.45, 2.75) is 12.5 Å². The average molecular weight is 208 g/mol. The minimum atomic E-state index is -0.741. The van der Waals surface area contributed by atoms with E-state index < -0.39 is 12.0 Å². The number of rotatable bonds is 5. The van der Waals surface area contributed by atoms with Gasteiger partial charge in [0, 0.05) is 6.42 Å². The van der Waals surface area contributed by atoms with E-state index in [1.165, 1.54) is 0 Å².